The van der Waals surface area contributed by atoms with Crippen LogP contribution in [0.5, 0.6) is 0 Å². The Balaban J connectivity index is 1.58. The number of amides is 1. The number of ether oxygens (including phenoxy) is 1. The molecule has 0 unspecified atom stereocenters. The molecule has 3 aromatic carbocycles. The summed E-state index contributed by atoms with van der Waals surface area (Å²) in [5.41, 5.74) is 2.41. The van der Waals surface area contributed by atoms with Gasteiger partial charge in [-0.1, -0.05) is 18.2 Å². The molecule has 0 bridgehead atoms. The monoisotopic (exact) mass is 379 g/mol. The lowest BCUT2D eigenvalue weighted by Gasteiger charge is -2.25. The number of rotatable bonds is 3. The number of halogens is 2. The molecule has 0 saturated carbocycles. The summed E-state index contributed by atoms with van der Waals surface area (Å²) >= 11 is 0. The zero-order chi connectivity index (χ0) is 19.7. The Labute approximate surface area is 159 Å². The summed E-state index contributed by atoms with van der Waals surface area (Å²) in [6.07, 6.45) is -0.185. The van der Waals surface area contributed by atoms with Crippen LogP contribution in [0.1, 0.15) is 37.9 Å². The summed E-state index contributed by atoms with van der Waals surface area (Å²) in [6.45, 7) is 0. The Morgan fingerprint density at radius 1 is 0.964 bits per heavy atom. The minimum atomic E-state index is -0.554. The molecule has 0 saturated heterocycles. The first kappa shape index (κ1) is 17.9. The van der Waals surface area contributed by atoms with E-state index in [0.717, 1.165) is 0 Å². The van der Waals surface area contributed by atoms with Gasteiger partial charge in [-0.2, -0.15) is 0 Å². The highest BCUT2D eigenvalue weighted by Gasteiger charge is 2.28. The SMILES string of the molecule is O=C(Nc1cccc(F)c1)c1ccc2c(c1)C[C@H](c1ccc(F)cc1)OC2=O. The van der Waals surface area contributed by atoms with Gasteiger partial charge in [0.25, 0.3) is 5.91 Å². The summed E-state index contributed by atoms with van der Waals surface area (Å²) in [6, 6.07) is 16.0. The molecule has 4 rings (SSSR count). The quantitative estimate of drug-likeness (QED) is 0.673. The first-order chi connectivity index (χ1) is 13.5. The van der Waals surface area contributed by atoms with Crippen molar-refractivity contribution in [2.75, 3.05) is 5.32 Å². The molecule has 0 radical (unpaired) electrons. The Morgan fingerprint density at radius 2 is 1.75 bits per heavy atom. The maximum Gasteiger partial charge on any atom is 0.339 e. The smallest absolute Gasteiger partial charge is 0.339 e. The van der Waals surface area contributed by atoms with E-state index in [9.17, 15) is 18.4 Å². The van der Waals surface area contributed by atoms with Crippen molar-refractivity contribution in [3.8, 4) is 0 Å². The van der Waals surface area contributed by atoms with Crippen LogP contribution in [-0.4, -0.2) is 11.9 Å². The molecule has 1 amide bonds. The third kappa shape index (κ3) is 3.62. The van der Waals surface area contributed by atoms with Crippen LogP contribution < -0.4 is 5.32 Å². The second-order valence-electron chi connectivity index (χ2n) is 6.49. The summed E-state index contributed by atoms with van der Waals surface area (Å²) < 4.78 is 31.9. The van der Waals surface area contributed by atoms with Crippen molar-refractivity contribution in [1.82, 2.24) is 0 Å². The Morgan fingerprint density at radius 3 is 2.50 bits per heavy atom. The average Bonchev–Trinajstić information content (AvgIpc) is 2.68. The van der Waals surface area contributed by atoms with Crippen LogP contribution in [0.3, 0.4) is 0 Å². The lowest BCUT2D eigenvalue weighted by molar-refractivity contribution is 0.0252. The fourth-order valence-corrected chi connectivity index (χ4v) is 3.17. The highest BCUT2D eigenvalue weighted by atomic mass is 19.1. The third-order valence-corrected chi connectivity index (χ3v) is 4.57. The molecule has 1 aliphatic heterocycles. The molecular weight excluding hydrogens is 364 g/mol. The number of carbonyl (C=O) groups is 2. The van der Waals surface area contributed by atoms with E-state index >= 15 is 0 Å². The van der Waals surface area contributed by atoms with Gasteiger partial charge in [0.2, 0.25) is 0 Å². The number of hydrogen-bond acceptors (Lipinski definition) is 3. The first-order valence-corrected chi connectivity index (χ1v) is 8.66. The summed E-state index contributed by atoms with van der Waals surface area (Å²) in [4.78, 5) is 24.8. The first-order valence-electron chi connectivity index (χ1n) is 8.66. The van der Waals surface area contributed by atoms with Crippen LogP contribution in [0, 0.1) is 11.6 Å². The van der Waals surface area contributed by atoms with Crippen molar-refractivity contribution in [3.63, 3.8) is 0 Å². The second-order valence-corrected chi connectivity index (χ2v) is 6.49. The van der Waals surface area contributed by atoms with Crippen molar-refractivity contribution < 1.29 is 23.1 Å². The standard InChI is InChI=1S/C22H15F2NO3/c23-16-7-4-13(5-8-16)20-11-15-10-14(6-9-19(15)22(27)28-20)21(26)25-18-3-1-2-17(24)12-18/h1-10,12,20H,11H2,(H,25,26)/t20-/m1/s1. The molecule has 1 N–H and O–H groups in total. The molecule has 0 aliphatic carbocycles. The minimum Gasteiger partial charge on any atom is -0.454 e. The number of cyclic esters (lactones) is 1. The summed E-state index contributed by atoms with van der Waals surface area (Å²) in [5.74, 6) is -1.73. The molecule has 0 aromatic heterocycles. The average molecular weight is 379 g/mol. The number of carbonyl (C=O) groups excluding carboxylic acids is 2. The Kier molecular flexibility index (Phi) is 4.61. The number of esters is 1. The Bertz CT molecular complexity index is 1060. The van der Waals surface area contributed by atoms with E-state index in [1.54, 1.807) is 30.3 Å². The van der Waals surface area contributed by atoms with E-state index in [4.69, 9.17) is 4.74 Å². The van der Waals surface area contributed by atoms with E-state index in [-0.39, 0.29) is 5.82 Å². The Hall–Kier alpha value is -3.54. The topological polar surface area (TPSA) is 55.4 Å². The van der Waals surface area contributed by atoms with Crippen LogP contribution in [-0.2, 0) is 11.2 Å². The number of nitrogens with one attached hydrogen (secondary N) is 1. The molecular formula is C22H15F2NO3. The fraction of sp³-hybridized carbons (Fsp3) is 0.0909. The van der Waals surface area contributed by atoms with Gasteiger partial charge in [0.15, 0.2) is 0 Å². The second kappa shape index (κ2) is 7.23. The van der Waals surface area contributed by atoms with Crippen molar-refractivity contribution >= 4 is 17.6 Å². The van der Waals surface area contributed by atoms with Crippen molar-refractivity contribution in [2.24, 2.45) is 0 Å². The molecule has 1 aliphatic rings. The van der Waals surface area contributed by atoms with Crippen LogP contribution in [0.25, 0.3) is 0 Å². The lowest BCUT2D eigenvalue weighted by atomic mass is 9.93. The van der Waals surface area contributed by atoms with E-state index in [0.29, 0.717) is 34.4 Å². The molecule has 140 valence electrons. The molecule has 28 heavy (non-hydrogen) atoms. The summed E-state index contributed by atoms with van der Waals surface area (Å²) in [5, 5.41) is 2.63. The van der Waals surface area contributed by atoms with Crippen molar-refractivity contribution in [3.05, 3.63) is 101 Å². The van der Waals surface area contributed by atoms with Crippen LogP contribution in [0.15, 0.2) is 66.7 Å². The van der Waals surface area contributed by atoms with E-state index in [1.807, 2.05) is 0 Å². The zero-order valence-electron chi connectivity index (χ0n) is 14.6. The summed E-state index contributed by atoms with van der Waals surface area (Å²) in [7, 11) is 0. The van der Waals surface area contributed by atoms with Gasteiger partial charge in [-0.3, -0.25) is 4.79 Å². The molecule has 3 aromatic rings. The molecule has 6 heteroatoms. The highest BCUT2D eigenvalue weighted by molar-refractivity contribution is 6.05. The molecule has 0 spiro atoms. The van der Waals surface area contributed by atoms with Crippen molar-refractivity contribution in [1.29, 1.82) is 0 Å². The molecule has 4 nitrogen and oxygen atoms in total. The number of fused-ring (bicyclic) bond motifs is 1. The van der Waals surface area contributed by atoms with Crippen LogP contribution in [0.2, 0.25) is 0 Å². The van der Waals surface area contributed by atoms with Gasteiger partial charge in [0.1, 0.15) is 17.7 Å². The van der Waals surface area contributed by atoms with E-state index in [1.165, 1.54) is 36.4 Å². The lowest BCUT2D eigenvalue weighted by Crippen LogP contribution is -2.23. The van der Waals surface area contributed by atoms with Gasteiger partial charge < -0.3 is 10.1 Å². The highest BCUT2D eigenvalue weighted by Crippen LogP contribution is 2.31. The van der Waals surface area contributed by atoms with E-state index < -0.39 is 23.8 Å². The normalized spacial score (nSPS) is 15.5. The minimum absolute atomic E-state index is 0.339. The predicted molar refractivity (Wildman–Crippen MR) is 99.1 cm³/mol. The number of hydrogen-bond donors (Lipinski definition) is 1. The van der Waals surface area contributed by atoms with Crippen LogP contribution in [0.4, 0.5) is 14.5 Å². The fourth-order valence-electron chi connectivity index (χ4n) is 3.17. The van der Waals surface area contributed by atoms with Gasteiger partial charge in [0, 0.05) is 17.7 Å². The predicted octanol–water partition coefficient (Wildman–Crippen LogP) is 4.67. The van der Waals surface area contributed by atoms with E-state index in [2.05, 4.69) is 5.32 Å². The molecule has 1 atom stereocenters. The third-order valence-electron chi connectivity index (χ3n) is 4.57. The van der Waals surface area contributed by atoms with Gasteiger partial charge in [-0.05, 0) is 59.7 Å². The van der Waals surface area contributed by atoms with Gasteiger partial charge in [0.05, 0.1) is 5.56 Å². The van der Waals surface area contributed by atoms with Crippen LogP contribution >= 0.6 is 0 Å². The maximum absolute atomic E-state index is 13.3. The molecule has 0 fully saturated rings. The zero-order valence-corrected chi connectivity index (χ0v) is 14.6. The maximum atomic E-state index is 13.3. The van der Waals surface area contributed by atoms with Gasteiger partial charge >= 0.3 is 5.97 Å². The largest absolute Gasteiger partial charge is 0.454 e. The van der Waals surface area contributed by atoms with Gasteiger partial charge in [-0.25, -0.2) is 13.6 Å². The number of benzene rings is 3. The van der Waals surface area contributed by atoms with Gasteiger partial charge in [-0.15, -0.1) is 0 Å². The van der Waals surface area contributed by atoms with Crippen molar-refractivity contribution in [2.45, 2.75) is 12.5 Å². The molecule has 1 heterocycles. The number of anilines is 1.